The number of benzene rings is 6. The Morgan fingerprint density at radius 2 is 0.951 bits per heavy atom. The molecule has 2 unspecified atom stereocenters. The number of nitrogens with zero attached hydrogens (tertiary/aromatic N) is 8. The first kappa shape index (κ1) is 56.4. The fourth-order valence-corrected chi connectivity index (χ4v) is 16.3. The molecule has 2 atom stereocenters. The van der Waals surface area contributed by atoms with Crippen molar-refractivity contribution < 1.29 is 35.2 Å². The molecule has 12 rings (SSSR count). The molecule has 0 aliphatic carbocycles. The quantitative estimate of drug-likeness (QED) is 0.0936. The number of amides is 1. The van der Waals surface area contributed by atoms with Crippen LogP contribution in [0, 0.1) is 5.41 Å². The molecular weight excluding hydrogens is 1110 g/mol. The Balaban J connectivity index is 0.000000172. The number of ether oxygens (including phenoxy) is 1. The Kier molecular flexibility index (Phi) is 15.8. The molecule has 0 radical (unpaired) electrons. The zero-order valence-corrected chi connectivity index (χ0v) is 49.5. The molecule has 2 aliphatic rings. The molecule has 82 heavy (non-hydrogen) atoms. The van der Waals surface area contributed by atoms with Crippen LogP contribution in [0.1, 0.15) is 109 Å². The summed E-state index contributed by atoms with van der Waals surface area (Å²) in [6.07, 6.45) is -0.411. The molecule has 0 N–H and O–H groups in total. The highest BCUT2D eigenvalue weighted by Gasteiger charge is 2.43. The number of rotatable bonds is 15. The van der Waals surface area contributed by atoms with Crippen LogP contribution in [0.4, 0.5) is 4.79 Å². The molecule has 1 amide bonds. The number of thiazole rings is 2. The Labute approximate surface area is 485 Å². The molecule has 422 valence electrons. The van der Waals surface area contributed by atoms with E-state index in [1.54, 1.807) is 29.2 Å². The van der Waals surface area contributed by atoms with Crippen LogP contribution in [0.2, 0.25) is 0 Å². The lowest BCUT2D eigenvalue weighted by atomic mass is 9.91. The summed E-state index contributed by atoms with van der Waals surface area (Å²) in [6, 6.07) is 50.2. The van der Waals surface area contributed by atoms with Gasteiger partial charge < -0.3 is 23.4 Å². The predicted octanol–water partition coefficient (Wildman–Crippen LogP) is 12.9. The summed E-state index contributed by atoms with van der Waals surface area (Å²) in [5.41, 5.74) is 6.63. The van der Waals surface area contributed by atoms with Gasteiger partial charge in [-0.1, -0.05) is 154 Å². The van der Waals surface area contributed by atoms with Crippen molar-refractivity contribution in [3.05, 3.63) is 202 Å². The molecule has 6 heterocycles. The lowest BCUT2D eigenvalue weighted by Crippen LogP contribution is -2.50. The fraction of sp³-hybridized carbons (Fsp3) is 0.306. The van der Waals surface area contributed by atoms with E-state index in [9.17, 15) is 21.6 Å². The largest absolute Gasteiger partial charge is 0.444 e. The summed E-state index contributed by atoms with van der Waals surface area (Å²) >= 11 is 2.67. The summed E-state index contributed by atoms with van der Waals surface area (Å²) in [5.74, 6) is 0.373. The molecule has 10 aromatic rings. The summed E-state index contributed by atoms with van der Waals surface area (Å²) in [5, 5.41) is 15.4. The summed E-state index contributed by atoms with van der Waals surface area (Å²) in [6.45, 7) is 15.4. The van der Waals surface area contributed by atoms with Gasteiger partial charge in [0.05, 0.1) is 43.8 Å². The van der Waals surface area contributed by atoms with E-state index in [-0.39, 0.29) is 46.4 Å². The molecule has 0 saturated carbocycles. The van der Waals surface area contributed by atoms with E-state index in [1.807, 2.05) is 136 Å². The van der Waals surface area contributed by atoms with Gasteiger partial charge in [-0.2, -0.15) is 0 Å². The number of hydrogen-bond acceptors (Lipinski definition) is 17. The molecule has 0 bridgehead atoms. The van der Waals surface area contributed by atoms with Gasteiger partial charge >= 0.3 is 6.09 Å². The van der Waals surface area contributed by atoms with Gasteiger partial charge in [-0.25, -0.2) is 31.6 Å². The second-order valence-corrected chi connectivity index (χ2v) is 29.3. The van der Waals surface area contributed by atoms with Crippen LogP contribution in [-0.2, 0) is 35.9 Å². The summed E-state index contributed by atoms with van der Waals surface area (Å²) in [4.78, 5) is 25.8. The van der Waals surface area contributed by atoms with Crippen LogP contribution in [0.25, 0.3) is 42.7 Å². The third kappa shape index (κ3) is 13.1. The normalized spacial score (nSPS) is 15.4. The van der Waals surface area contributed by atoms with Crippen LogP contribution in [0.5, 0.6) is 0 Å². The van der Waals surface area contributed by atoms with Gasteiger partial charge in [0.15, 0.2) is 30.2 Å². The van der Waals surface area contributed by atoms with E-state index >= 15 is 0 Å². The van der Waals surface area contributed by atoms with Crippen LogP contribution < -0.4 is 0 Å². The second-order valence-electron chi connectivity index (χ2n) is 23.0. The van der Waals surface area contributed by atoms with Gasteiger partial charge in [-0.15, -0.1) is 43.1 Å². The number of carbonyl (C=O) groups is 1. The number of fused-ring (bicyclic) bond motifs is 2. The molecule has 20 heteroatoms. The Bertz CT molecular complexity index is 4070. The minimum Gasteiger partial charge on any atom is -0.444 e. The molecule has 2 saturated heterocycles. The van der Waals surface area contributed by atoms with E-state index in [1.165, 1.54) is 22.7 Å². The number of aromatic nitrogens is 6. The van der Waals surface area contributed by atoms with Crippen molar-refractivity contribution in [3.8, 4) is 22.3 Å². The van der Waals surface area contributed by atoms with E-state index in [4.69, 9.17) is 23.5 Å². The fourth-order valence-electron chi connectivity index (χ4n) is 10.0. The molecule has 2 fully saturated rings. The standard InChI is InChI=1S/C31H30N4O5S2.C31H32N4O3S2/c1-31(2,3)40-30(36)35-17-23(18-35)27-33-34-28(39-27)26(42(37,38)19-20-10-6-4-7-11-20)29-32-24-15-14-22(16-25(24)41-29)21-12-8-5-9-13-21;1-31(2,3)20-35-17-24(18-35)28-33-34-29(38-28)27(40(36,37)19-21-10-6-4-7-11-21)30-32-25-15-14-23(16-26(25)39-30)22-12-8-5-9-13-22/h4-16,23,26H,17-19H2,1-3H3;4-16,24,27H,17-20H2,1-3H3. The smallest absolute Gasteiger partial charge is 0.410 e. The average molecular weight is 1180 g/mol. The number of carbonyl (C=O) groups excluding carboxylic acids is 1. The van der Waals surface area contributed by atoms with E-state index in [2.05, 4.69) is 64.3 Å². The number of likely N-dealkylation sites (tertiary alicyclic amines) is 2. The Morgan fingerprint density at radius 1 is 0.549 bits per heavy atom. The Morgan fingerprint density at radius 3 is 1.35 bits per heavy atom. The number of hydrogen-bond donors (Lipinski definition) is 0. The highest BCUT2D eigenvalue weighted by molar-refractivity contribution is 7.91. The van der Waals surface area contributed by atoms with Crippen molar-refractivity contribution in [2.24, 2.45) is 5.41 Å². The molecule has 0 spiro atoms. The molecule has 16 nitrogen and oxygen atoms in total. The molecular formula is C62H62N8O8S4. The highest BCUT2D eigenvalue weighted by Crippen LogP contribution is 2.42. The van der Waals surface area contributed by atoms with Crippen molar-refractivity contribution in [2.45, 2.75) is 81.0 Å². The van der Waals surface area contributed by atoms with Crippen LogP contribution in [-0.4, -0.2) is 101 Å². The SMILES string of the molecule is CC(C)(C)CN1CC(c2nnc(C(c3nc4ccc(-c5ccccc5)cc4s3)S(=O)(=O)Cc3ccccc3)o2)C1.CC(C)(C)OC(=O)N1CC(c2nnc(C(c3nc4ccc(-c5ccccc5)cc4s3)S(=O)(=O)Cc3ccccc3)o2)C1. The summed E-state index contributed by atoms with van der Waals surface area (Å²) < 4.78 is 75.2. The van der Waals surface area contributed by atoms with E-state index < -0.39 is 41.9 Å². The van der Waals surface area contributed by atoms with Crippen molar-refractivity contribution >= 4 is 68.9 Å². The van der Waals surface area contributed by atoms with E-state index in [0.717, 1.165) is 56.8 Å². The first-order chi connectivity index (χ1) is 39.2. The minimum absolute atomic E-state index is 0.0287. The molecule has 4 aromatic heterocycles. The lowest BCUT2D eigenvalue weighted by molar-refractivity contribution is 0.00597. The summed E-state index contributed by atoms with van der Waals surface area (Å²) in [7, 11) is -7.66. The Hall–Kier alpha value is -7.49. The molecule has 6 aromatic carbocycles. The topological polar surface area (TPSA) is 205 Å². The second kappa shape index (κ2) is 23.0. The van der Waals surface area contributed by atoms with Crippen molar-refractivity contribution in [1.82, 2.24) is 40.2 Å². The van der Waals surface area contributed by atoms with Crippen molar-refractivity contribution in [1.29, 1.82) is 0 Å². The van der Waals surface area contributed by atoms with Gasteiger partial charge in [-0.3, -0.25) is 0 Å². The van der Waals surface area contributed by atoms with Gasteiger partial charge in [0, 0.05) is 32.7 Å². The molecule has 2 aliphatic heterocycles. The first-order valence-electron chi connectivity index (χ1n) is 27.0. The average Bonchev–Trinajstić information content (AvgIpc) is 4.46. The zero-order valence-electron chi connectivity index (χ0n) is 46.2. The maximum Gasteiger partial charge on any atom is 0.410 e. The van der Waals surface area contributed by atoms with Crippen LogP contribution in [0.3, 0.4) is 0 Å². The maximum absolute atomic E-state index is 14.0. The van der Waals surface area contributed by atoms with Crippen molar-refractivity contribution in [3.63, 3.8) is 0 Å². The van der Waals surface area contributed by atoms with Crippen LogP contribution >= 0.6 is 22.7 Å². The van der Waals surface area contributed by atoms with Gasteiger partial charge in [0.1, 0.15) is 15.6 Å². The van der Waals surface area contributed by atoms with Gasteiger partial charge in [0.2, 0.25) is 23.6 Å². The van der Waals surface area contributed by atoms with E-state index in [0.29, 0.717) is 45.6 Å². The van der Waals surface area contributed by atoms with Gasteiger partial charge in [-0.05, 0) is 83.8 Å². The third-order valence-electron chi connectivity index (χ3n) is 13.9. The third-order valence-corrected chi connectivity index (χ3v) is 20.1. The first-order valence-corrected chi connectivity index (χ1v) is 32.1. The monoisotopic (exact) mass is 1170 g/mol. The van der Waals surface area contributed by atoms with Crippen LogP contribution in [0.15, 0.2) is 167 Å². The lowest BCUT2D eigenvalue weighted by Gasteiger charge is -2.40. The number of sulfone groups is 2. The van der Waals surface area contributed by atoms with Crippen molar-refractivity contribution in [2.75, 3.05) is 32.7 Å². The predicted molar refractivity (Wildman–Crippen MR) is 320 cm³/mol. The zero-order chi connectivity index (χ0) is 57.4. The minimum atomic E-state index is -3.87. The maximum atomic E-state index is 14.0. The highest BCUT2D eigenvalue weighted by atomic mass is 32.2. The van der Waals surface area contributed by atoms with Gasteiger partial charge in [0.25, 0.3) is 0 Å².